The molecule has 2 aromatic heterocycles. The number of pyridine rings is 1. The molecule has 0 saturated carbocycles. The highest BCUT2D eigenvalue weighted by molar-refractivity contribution is 5.50. The van der Waals surface area contributed by atoms with Gasteiger partial charge in [0.2, 0.25) is 0 Å². The van der Waals surface area contributed by atoms with Crippen LogP contribution in [0.3, 0.4) is 0 Å². The molecule has 4 nitrogen and oxygen atoms in total. The van der Waals surface area contributed by atoms with Crippen LogP contribution in [0.5, 0.6) is 0 Å². The number of rotatable bonds is 4. The number of imidazole rings is 1. The van der Waals surface area contributed by atoms with Crippen molar-refractivity contribution in [1.82, 2.24) is 9.38 Å². The first kappa shape index (κ1) is 9.98. The Hall–Kier alpha value is -1.55. The number of hydrogen-bond donors (Lipinski definition) is 2. The van der Waals surface area contributed by atoms with E-state index in [4.69, 9.17) is 5.73 Å². The Balaban J connectivity index is 2.30. The van der Waals surface area contributed by atoms with Crippen LogP contribution in [0.25, 0.3) is 5.65 Å². The maximum Gasteiger partial charge on any atom is 0.138 e. The third-order valence-electron chi connectivity index (χ3n) is 2.56. The van der Waals surface area contributed by atoms with Crippen molar-refractivity contribution >= 4 is 11.5 Å². The second kappa shape index (κ2) is 4.31. The predicted molar refractivity (Wildman–Crippen MR) is 61.9 cm³/mol. The Morgan fingerprint density at radius 1 is 1.53 bits per heavy atom. The first-order valence-electron chi connectivity index (χ1n) is 5.24. The molecule has 2 heterocycles. The Morgan fingerprint density at radius 2 is 2.40 bits per heavy atom. The third kappa shape index (κ3) is 1.94. The summed E-state index contributed by atoms with van der Waals surface area (Å²) in [6.45, 7) is 2.76. The number of nitrogens with one attached hydrogen (secondary N) is 1. The molecule has 0 saturated heterocycles. The van der Waals surface area contributed by atoms with Gasteiger partial charge in [0.05, 0.1) is 0 Å². The molecule has 80 valence electrons. The summed E-state index contributed by atoms with van der Waals surface area (Å²) < 4.78 is 2.03. The van der Waals surface area contributed by atoms with Gasteiger partial charge in [-0.2, -0.15) is 0 Å². The van der Waals surface area contributed by atoms with Gasteiger partial charge in [-0.05, 0) is 18.6 Å². The van der Waals surface area contributed by atoms with Gasteiger partial charge < -0.3 is 11.1 Å². The zero-order valence-electron chi connectivity index (χ0n) is 8.85. The van der Waals surface area contributed by atoms with Crippen LogP contribution in [0.2, 0.25) is 0 Å². The first-order chi connectivity index (χ1) is 7.35. The van der Waals surface area contributed by atoms with E-state index < -0.39 is 0 Å². The largest absolute Gasteiger partial charge is 0.367 e. The molecule has 0 aromatic carbocycles. The highest BCUT2D eigenvalue weighted by atomic mass is 15.1. The zero-order valence-corrected chi connectivity index (χ0v) is 8.85. The number of anilines is 1. The summed E-state index contributed by atoms with van der Waals surface area (Å²) in [5, 5.41) is 3.41. The molecular formula is C11H16N4. The summed E-state index contributed by atoms with van der Waals surface area (Å²) in [7, 11) is 0. The summed E-state index contributed by atoms with van der Waals surface area (Å²) >= 11 is 0. The molecule has 15 heavy (non-hydrogen) atoms. The average molecular weight is 204 g/mol. The van der Waals surface area contributed by atoms with Gasteiger partial charge in [-0.3, -0.25) is 4.40 Å². The van der Waals surface area contributed by atoms with E-state index in [-0.39, 0.29) is 0 Å². The van der Waals surface area contributed by atoms with Gasteiger partial charge in [0.25, 0.3) is 0 Å². The van der Waals surface area contributed by atoms with Gasteiger partial charge in [0.1, 0.15) is 11.5 Å². The lowest BCUT2D eigenvalue weighted by Gasteiger charge is -2.16. The van der Waals surface area contributed by atoms with Crippen LogP contribution in [0.1, 0.15) is 13.3 Å². The Kier molecular flexibility index (Phi) is 2.87. The number of aromatic nitrogens is 2. The molecule has 1 unspecified atom stereocenters. The van der Waals surface area contributed by atoms with Crippen molar-refractivity contribution in [3.63, 3.8) is 0 Å². The minimum Gasteiger partial charge on any atom is -0.367 e. The van der Waals surface area contributed by atoms with Crippen LogP contribution in [-0.4, -0.2) is 22.0 Å². The zero-order chi connectivity index (χ0) is 10.7. The molecule has 0 fully saturated rings. The fourth-order valence-corrected chi connectivity index (χ4v) is 1.60. The van der Waals surface area contributed by atoms with E-state index in [0.717, 1.165) is 17.9 Å². The average Bonchev–Trinajstić information content (AvgIpc) is 2.74. The van der Waals surface area contributed by atoms with E-state index in [1.165, 1.54) is 0 Å². The van der Waals surface area contributed by atoms with Crippen molar-refractivity contribution in [1.29, 1.82) is 0 Å². The lowest BCUT2D eigenvalue weighted by Crippen LogP contribution is -2.28. The minimum atomic E-state index is 0.318. The van der Waals surface area contributed by atoms with Crippen molar-refractivity contribution in [3.8, 4) is 0 Å². The normalized spacial score (nSPS) is 12.9. The highest BCUT2D eigenvalue weighted by Crippen LogP contribution is 2.12. The van der Waals surface area contributed by atoms with E-state index in [2.05, 4.69) is 17.2 Å². The molecule has 2 rings (SSSR count). The molecule has 4 heteroatoms. The second-order valence-electron chi connectivity index (χ2n) is 3.55. The van der Waals surface area contributed by atoms with Crippen LogP contribution in [0.15, 0.2) is 30.6 Å². The Labute approximate surface area is 89.1 Å². The summed E-state index contributed by atoms with van der Waals surface area (Å²) in [5.41, 5.74) is 6.61. The molecule has 0 spiro atoms. The monoisotopic (exact) mass is 204 g/mol. The molecule has 0 amide bonds. The molecular weight excluding hydrogens is 188 g/mol. The van der Waals surface area contributed by atoms with E-state index in [0.29, 0.717) is 12.6 Å². The molecule has 3 N–H and O–H groups in total. The summed E-state index contributed by atoms with van der Waals surface area (Å²) in [6, 6.07) is 6.33. The first-order valence-corrected chi connectivity index (χ1v) is 5.24. The molecule has 0 radical (unpaired) electrons. The van der Waals surface area contributed by atoms with Crippen LogP contribution < -0.4 is 11.1 Å². The summed E-state index contributed by atoms with van der Waals surface area (Å²) in [5.74, 6) is 1.04. The fourth-order valence-electron chi connectivity index (χ4n) is 1.60. The van der Waals surface area contributed by atoms with Gasteiger partial charge in [0, 0.05) is 25.0 Å². The van der Waals surface area contributed by atoms with Crippen molar-refractivity contribution in [2.24, 2.45) is 5.73 Å². The maximum absolute atomic E-state index is 5.66. The molecule has 0 aliphatic carbocycles. The van der Waals surface area contributed by atoms with Crippen LogP contribution in [0, 0.1) is 0 Å². The van der Waals surface area contributed by atoms with Crippen LogP contribution in [-0.2, 0) is 0 Å². The number of nitrogens with two attached hydrogens (primary N) is 1. The predicted octanol–water partition coefficient (Wildman–Crippen LogP) is 1.48. The van der Waals surface area contributed by atoms with E-state index in [9.17, 15) is 0 Å². The lowest BCUT2D eigenvalue weighted by atomic mass is 10.2. The SMILES string of the molecule is CCC(CN)Nc1cccc2nccn12. The lowest BCUT2D eigenvalue weighted by molar-refractivity contribution is 0.698. The van der Waals surface area contributed by atoms with E-state index >= 15 is 0 Å². The van der Waals surface area contributed by atoms with Gasteiger partial charge in [0.15, 0.2) is 0 Å². The smallest absolute Gasteiger partial charge is 0.138 e. The Morgan fingerprint density at radius 3 is 3.13 bits per heavy atom. The van der Waals surface area contributed by atoms with Gasteiger partial charge >= 0.3 is 0 Å². The molecule has 0 aliphatic heterocycles. The Bertz CT molecular complexity index is 431. The van der Waals surface area contributed by atoms with Gasteiger partial charge in [-0.25, -0.2) is 4.98 Å². The summed E-state index contributed by atoms with van der Waals surface area (Å²) in [6.07, 6.45) is 4.76. The van der Waals surface area contributed by atoms with Gasteiger partial charge in [-0.15, -0.1) is 0 Å². The summed E-state index contributed by atoms with van der Waals surface area (Å²) in [4.78, 5) is 4.23. The standard InChI is InChI=1S/C11H16N4/c1-2-9(8-12)14-11-5-3-4-10-13-6-7-15(10)11/h3-7,9,14H,2,8,12H2,1H3. The van der Waals surface area contributed by atoms with Gasteiger partial charge in [-0.1, -0.05) is 13.0 Å². The van der Waals surface area contributed by atoms with Crippen molar-refractivity contribution < 1.29 is 0 Å². The quantitative estimate of drug-likeness (QED) is 0.793. The van der Waals surface area contributed by atoms with Crippen LogP contribution in [0.4, 0.5) is 5.82 Å². The van der Waals surface area contributed by atoms with E-state index in [1.807, 2.05) is 28.8 Å². The highest BCUT2D eigenvalue weighted by Gasteiger charge is 2.05. The van der Waals surface area contributed by atoms with E-state index in [1.54, 1.807) is 6.20 Å². The number of fused-ring (bicyclic) bond motifs is 1. The fraction of sp³-hybridized carbons (Fsp3) is 0.364. The maximum atomic E-state index is 5.66. The van der Waals surface area contributed by atoms with Crippen LogP contribution >= 0.6 is 0 Å². The molecule has 1 atom stereocenters. The van der Waals surface area contributed by atoms with Crippen molar-refractivity contribution in [2.45, 2.75) is 19.4 Å². The molecule has 0 bridgehead atoms. The molecule has 0 aliphatic rings. The number of hydrogen-bond acceptors (Lipinski definition) is 3. The topological polar surface area (TPSA) is 55.3 Å². The van der Waals surface area contributed by atoms with Crippen molar-refractivity contribution in [2.75, 3.05) is 11.9 Å². The minimum absolute atomic E-state index is 0.318. The second-order valence-corrected chi connectivity index (χ2v) is 3.55. The third-order valence-corrected chi connectivity index (χ3v) is 2.56. The number of nitrogens with zero attached hydrogens (tertiary/aromatic N) is 2. The van der Waals surface area contributed by atoms with Crippen molar-refractivity contribution in [3.05, 3.63) is 30.6 Å². The molecule has 2 aromatic rings.